The number of rotatable bonds is 2. The van der Waals surface area contributed by atoms with E-state index in [-0.39, 0.29) is 11.2 Å². The summed E-state index contributed by atoms with van der Waals surface area (Å²) >= 11 is 6.53. The summed E-state index contributed by atoms with van der Waals surface area (Å²) < 4.78 is 13.3. The monoisotopic (exact) mass is 284 g/mol. The standard InChI is InChI=1S/C18H14ClF/c1-12-10-15(8-9-17(12)20)18(19)16-7-6-13-4-2-3-5-14(13)11-16/h2-11,18H,1H3. The maximum absolute atomic E-state index is 13.3. The van der Waals surface area contributed by atoms with Gasteiger partial charge in [-0.1, -0.05) is 48.5 Å². The van der Waals surface area contributed by atoms with E-state index in [0.29, 0.717) is 5.56 Å². The van der Waals surface area contributed by atoms with Gasteiger partial charge >= 0.3 is 0 Å². The lowest BCUT2D eigenvalue weighted by atomic mass is 9.99. The van der Waals surface area contributed by atoms with Crippen LogP contribution in [0.1, 0.15) is 22.1 Å². The molecule has 0 heterocycles. The third kappa shape index (κ3) is 2.41. The Labute approximate surface area is 122 Å². The predicted octanol–water partition coefficient (Wildman–Crippen LogP) is 5.62. The number of alkyl halides is 1. The topological polar surface area (TPSA) is 0 Å². The predicted molar refractivity (Wildman–Crippen MR) is 82.8 cm³/mol. The van der Waals surface area contributed by atoms with E-state index in [1.165, 1.54) is 11.5 Å². The highest BCUT2D eigenvalue weighted by Gasteiger charge is 2.12. The molecule has 0 saturated carbocycles. The molecule has 0 aliphatic heterocycles. The summed E-state index contributed by atoms with van der Waals surface area (Å²) in [7, 11) is 0. The number of hydrogen-bond acceptors (Lipinski definition) is 0. The van der Waals surface area contributed by atoms with E-state index >= 15 is 0 Å². The zero-order chi connectivity index (χ0) is 14.1. The van der Waals surface area contributed by atoms with E-state index in [2.05, 4.69) is 24.3 Å². The van der Waals surface area contributed by atoms with Gasteiger partial charge in [0.05, 0.1) is 5.38 Å². The van der Waals surface area contributed by atoms with Gasteiger partial charge < -0.3 is 0 Å². The van der Waals surface area contributed by atoms with Crippen LogP contribution in [0.2, 0.25) is 0 Å². The van der Waals surface area contributed by atoms with Crippen molar-refractivity contribution in [2.45, 2.75) is 12.3 Å². The first-order chi connectivity index (χ1) is 9.65. The minimum Gasteiger partial charge on any atom is -0.207 e. The number of fused-ring (bicyclic) bond motifs is 1. The maximum Gasteiger partial charge on any atom is 0.126 e. The van der Waals surface area contributed by atoms with Crippen molar-refractivity contribution in [2.75, 3.05) is 0 Å². The summed E-state index contributed by atoms with van der Waals surface area (Å²) in [5.74, 6) is -0.198. The minimum atomic E-state index is -0.265. The molecule has 0 spiro atoms. The Morgan fingerprint density at radius 2 is 1.50 bits per heavy atom. The molecule has 0 aromatic heterocycles. The zero-order valence-corrected chi connectivity index (χ0v) is 11.9. The molecule has 0 aliphatic carbocycles. The van der Waals surface area contributed by atoms with Crippen molar-refractivity contribution in [1.82, 2.24) is 0 Å². The van der Waals surface area contributed by atoms with Gasteiger partial charge in [-0.05, 0) is 46.5 Å². The molecule has 0 N–H and O–H groups in total. The van der Waals surface area contributed by atoms with Crippen molar-refractivity contribution in [2.24, 2.45) is 0 Å². The van der Waals surface area contributed by atoms with E-state index in [0.717, 1.165) is 16.5 Å². The molecule has 1 atom stereocenters. The fourth-order valence-corrected chi connectivity index (χ4v) is 2.65. The van der Waals surface area contributed by atoms with Gasteiger partial charge in [0.25, 0.3) is 0 Å². The molecule has 0 radical (unpaired) electrons. The second-order valence-electron chi connectivity index (χ2n) is 4.98. The van der Waals surface area contributed by atoms with Gasteiger partial charge in [-0.3, -0.25) is 0 Å². The van der Waals surface area contributed by atoms with Crippen molar-refractivity contribution in [3.8, 4) is 0 Å². The van der Waals surface area contributed by atoms with Crippen molar-refractivity contribution >= 4 is 22.4 Å². The molecule has 2 heteroatoms. The quantitative estimate of drug-likeness (QED) is 0.536. The minimum absolute atomic E-state index is 0.198. The van der Waals surface area contributed by atoms with E-state index in [4.69, 9.17) is 11.6 Å². The Morgan fingerprint density at radius 3 is 2.25 bits per heavy atom. The molecule has 3 aromatic carbocycles. The molecule has 3 aromatic rings. The maximum atomic E-state index is 13.3. The molecular formula is C18H14ClF. The average molecular weight is 285 g/mol. The van der Waals surface area contributed by atoms with Gasteiger partial charge in [0.15, 0.2) is 0 Å². The Bertz CT molecular complexity index is 764. The molecule has 0 saturated heterocycles. The van der Waals surface area contributed by atoms with E-state index < -0.39 is 0 Å². The van der Waals surface area contributed by atoms with Gasteiger partial charge in [0, 0.05) is 0 Å². The smallest absolute Gasteiger partial charge is 0.126 e. The summed E-state index contributed by atoms with van der Waals surface area (Å²) in [6.45, 7) is 1.75. The first kappa shape index (κ1) is 13.1. The molecule has 0 bridgehead atoms. The van der Waals surface area contributed by atoms with Crippen LogP contribution in [0, 0.1) is 12.7 Å². The molecule has 3 rings (SSSR count). The highest BCUT2D eigenvalue weighted by atomic mass is 35.5. The average Bonchev–Trinajstić information content (AvgIpc) is 2.49. The number of benzene rings is 3. The van der Waals surface area contributed by atoms with Crippen LogP contribution in [0.3, 0.4) is 0 Å². The highest BCUT2D eigenvalue weighted by Crippen LogP contribution is 2.31. The largest absolute Gasteiger partial charge is 0.207 e. The van der Waals surface area contributed by atoms with Crippen molar-refractivity contribution < 1.29 is 4.39 Å². The van der Waals surface area contributed by atoms with Crippen molar-refractivity contribution in [1.29, 1.82) is 0 Å². The SMILES string of the molecule is Cc1cc(C(Cl)c2ccc3ccccc3c2)ccc1F. The van der Waals surface area contributed by atoms with Crippen LogP contribution in [-0.2, 0) is 0 Å². The number of hydrogen-bond donors (Lipinski definition) is 0. The van der Waals surface area contributed by atoms with Crippen LogP contribution < -0.4 is 0 Å². The first-order valence-corrected chi connectivity index (χ1v) is 6.97. The van der Waals surface area contributed by atoms with Gasteiger partial charge in [0.1, 0.15) is 5.82 Å². The van der Waals surface area contributed by atoms with Crippen LogP contribution in [0.5, 0.6) is 0 Å². The lowest BCUT2D eigenvalue weighted by molar-refractivity contribution is 0.617. The Morgan fingerprint density at radius 1 is 0.850 bits per heavy atom. The zero-order valence-electron chi connectivity index (χ0n) is 11.1. The Balaban J connectivity index is 2.02. The van der Waals surface area contributed by atoms with Crippen LogP contribution in [0.25, 0.3) is 10.8 Å². The van der Waals surface area contributed by atoms with Gasteiger partial charge in [-0.25, -0.2) is 4.39 Å². The van der Waals surface area contributed by atoms with Crippen LogP contribution in [-0.4, -0.2) is 0 Å². The van der Waals surface area contributed by atoms with E-state index in [1.54, 1.807) is 13.0 Å². The molecular weight excluding hydrogens is 271 g/mol. The fourth-order valence-electron chi connectivity index (χ4n) is 2.38. The van der Waals surface area contributed by atoms with Crippen LogP contribution >= 0.6 is 11.6 Å². The van der Waals surface area contributed by atoms with E-state index in [1.807, 2.05) is 24.3 Å². The lowest BCUT2D eigenvalue weighted by Gasteiger charge is -2.12. The summed E-state index contributed by atoms with van der Waals surface area (Å²) in [5.41, 5.74) is 2.56. The Kier molecular flexibility index (Phi) is 3.45. The summed E-state index contributed by atoms with van der Waals surface area (Å²) in [6, 6.07) is 19.4. The van der Waals surface area contributed by atoms with Crippen molar-refractivity contribution in [3.05, 3.63) is 83.2 Å². The molecule has 0 nitrogen and oxygen atoms in total. The number of aryl methyl sites for hydroxylation is 1. The van der Waals surface area contributed by atoms with Gasteiger partial charge in [0.2, 0.25) is 0 Å². The molecule has 0 aliphatic rings. The fraction of sp³-hybridized carbons (Fsp3) is 0.111. The van der Waals surface area contributed by atoms with Gasteiger partial charge in [-0.2, -0.15) is 0 Å². The third-order valence-electron chi connectivity index (χ3n) is 3.54. The lowest BCUT2D eigenvalue weighted by Crippen LogP contribution is -1.95. The van der Waals surface area contributed by atoms with E-state index in [9.17, 15) is 4.39 Å². The second-order valence-corrected chi connectivity index (χ2v) is 5.41. The number of halogens is 2. The normalized spacial score (nSPS) is 12.6. The molecule has 0 amide bonds. The summed E-state index contributed by atoms with van der Waals surface area (Å²) in [4.78, 5) is 0. The summed E-state index contributed by atoms with van der Waals surface area (Å²) in [6.07, 6.45) is 0. The molecule has 0 fully saturated rings. The molecule has 20 heavy (non-hydrogen) atoms. The molecule has 100 valence electrons. The second kappa shape index (κ2) is 5.26. The molecule has 1 unspecified atom stereocenters. The summed E-state index contributed by atoms with van der Waals surface area (Å²) in [5, 5.41) is 2.09. The Hall–Kier alpha value is -1.86. The highest BCUT2D eigenvalue weighted by molar-refractivity contribution is 6.22. The van der Waals surface area contributed by atoms with Gasteiger partial charge in [-0.15, -0.1) is 11.6 Å². The third-order valence-corrected chi connectivity index (χ3v) is 4.04. The van der Waals surface area contributed by atoms with Crippen LogP contribution in [0.4, 0.5) is 4.39 Å². The first-order valence-electron chi connectivity index (χ1n) is 6.54. The van der Waals surface area contributed by atoms with Crippen molar-refractivity contribution in [3.63, 3.8) is 0 Å². The van der Waals surface area contributed by atoms with Crippen LogP contribution in [0.15, 0.2) is 60.7 Å².